The molecule has 4 aliphatic rings. The van der Waals surface area contributed by atoms with E-state index in [0.29, 0.717) is 11.8 Å². The molecule has 5 N–H and O–H groups in total. The Labute approximate surface area is 177 Å². The van der Waals surface area contributed by atoms with Gasteiger partial charge in [0.05, 0.1) is 12.1 Å². The summed E-state index contributed by atoms with van der Waals surface area (Å²) < 4.78 is 65.0. The van der Waals surface area contributed by atoms with Crippen LogP contribution in [0.4, 0.5) is 27.8 Å². The van der Waals surface area contributed by atoms with Gasteiger partial charge in [0.25, 0.3) is 6.43 Å². The Morgan fingerprint density at radius 3 is 2.68 bits per heavy atom. The Balaban J connectivity index is 1.64. The minimum absolute atomic E-state index is 0.0148. The molecule has 0 aromatic carbocycles. The van der Waals surface area contributed by atoms with E-state index in [1.807, 2.05) is 13.8 Å². The van der Waals surface area contributed by atoms with E-state index in [1.54, 1.807) is 6.08 Å². The standard InChI is InChI=1S/C21H26F5N5/c1-9(2)31-15(5-14(27)11-4-13(21(24,25)26)19(28)30-7-11)20-6-10-3-12(20)17(20)18(10)29-8-16(22)23/h4-5,7,9-10,12,16-18,29H,3,6,8,27H2,1-2H3,(H2,28,30). The first-order chi connectivity index (χ1) is 14.4. The molecule has 4 saturated carbocycles. The van der Waals surface area contributed by atoms with Gasteiger partial charge in [-0.25, -0.2) is 13.8 Å². The number of aliphatic imine (C=N–C) groups is 1. The third-order valence-corrected chi connectivity index (χ3v) is 6.86. The topological polar surface area (TPSA) is 89.3 Å². The lowest BCUT2D eigenvalue weighted by Crippen LogP contribution is -2.36. The summed E-state index contributed by atoms with van der Waals surface area (Å²) in [5, 5.41) is 3.01. The van der Waals surface area contributed by atoms with E-state index in [2.05, 4.69) is 10.3 Å². The summed E-state index contributed by atoms with van der Waals surface area (Å²) in [7, 11) is 0. The minimum Gasteiger partial charge on any atom is -0.398 e. The zero-order valence-corrected chi connectivity index (χ0v) is 17.3. The van der Waals surface area contributed by atoms with Gasteiger partial charge in [-0.15, -0.1) is 0 Å². The summed E-state index contributed by atoms with van der Waals surface area (Å²) >= 11 is 0. The fraction of sp³-hybridized carbons (Fsp3) is 0.619. The number of nitrogens with zero attached hydrogens (tertiary/aromatic N) is 2. The van der Waals surface area contributed by atoms with Crippen LogP contribution in [0.25, 0.3) is 5.70 Å². The largest absolute Gasteiger partial charge is 0.419 e. The van der Waals surface area contributed by atoms with Crippen molar-refractivity contribution in [2.75, 3.05) is 12.3 Å². The van der Waals surface area contributed by atoms with Crippen molar-refractivity contribution in [2.45, 2.75) is 51.4 Å². The van der Waals surface area contributed by atoms with E-state index in [1.165, 1.54) is 6.20 Å². The first-order valence-electron chi connectivity index (χ1n) is 10.3. The first-order valence-corrected chi connectivity index (χ1v) is 10.3. The predicted molar refractivity (Wildman–Crippen MR) is 108 cm³/mol. The van der Waals surface area contributed by atoms with Gasteiger partial charge in [-0.1, -0.05) is 0 Å². The molecule has 5 rings (SSSR count). The Kier molecular flexibility index (Phi) is 5.27. The van der Waals surface area contributed by atoms with Crippen molar-refractivity contribution in [3.63, 3.8) is 0 Å². The van der Waals surface area contributed by atoms with Crippen LogP contribution >= 0.6 is 0 Å². The maximum atomic E-state index is 13.2. The Hall–Kier alpha value is -2.23. The van der Waals surface area contributed by atoms with Crippen molar-refractivity contribution < 1.29 is 22.0 Å². The van der Waals surface area contributed by atoms with E-state index >= 15 is 0 Å². The fourth-order valence-corrected chi connectivity index (χ4v) is 5.82. The van der Waals surface area contributed by atoms with Crippen molar-refractivity contribution in [3.05, 3.63) is 29.5 Å². The zero-order valence-electron chi connectivity index (χ0n) is 17.3. The SMILES string of the molecule is CC(C)N=C(C=C(N)c1cnc(N)c(C(F)(F)F)c1)C12CC3CC1C2C3NCC(F)F. The summed E-state index contributed by atoms with van der Waals surface area (Å²) in [6, 6.07) is 0.862. The van der Waals surface area contributed by atoms with E-state index < -0.39 is 24.0 Å². The Morgan fingerprint density at radius 1 is 1.39 bits per heavy atom. The van der Waals surface area contributed by atoms with Gasteiger partial charge in [0.1, 0.15) is 5.82 Å². The van der Waals surface area contributed by atoms with Crippen LogP contribution < -0.4 is 16.8 Å². The highest BCUT2D eigenvalue weighted by Gasteiger charge is 2.80. The van der Waals surface area contributed by atoms with Crippen molar-refractivity contribution in [2.24, 2.45) is 33.9 Å². The Bertz CT molecular complexity index is 925. The van der Waals surface area contributed by atoms with Crippen LogP contribution in [0.15, 0.2) is 23.3 Å². The smallest absolute Gasteiger partial charge is 0.398 e. The molecule has 170 valence electrons. The lowest BCUT2D eigenvalue weighted by atomic mass is 9.94. The zero-order chi connectivity index (χ0) is 22.7. The molecule has 10 heteroatoms. The highest BCUT2D eigenvalue weighted by atomic mass is 19.4. The second-order valence-electron chi connectivity index (χ2n) is 9.06. The van der Waals surface area contributed by atoms with Crippen molar-refractivity contribution >= 4 is 17.2 Å². The number of anilines is 1. The number of halogens is 5. The number of nitrogens with two attached hydrogens (primary N) is 2. The molecule has 0 saturated heterocycles. The second-order valence-corrected chi connectivity index (χ2v) is 9.06. The number of rotatable bonds is 7. The molecular formula is C21H26F5N5. The number of hydrogen-bond donors (Lipinski definition) is 3. The normalized spacial score (nSPS) is 32.4. The third-order valence-electron chi connectivity index (χ3n) is 6.86. The van der Waals surface area contributed by atoms with Crippen LogP contribution in [0, 0.1) is 23.2 Å². The van der Waals surface area contributed by atoms with Gasteiger partial charge in [-0.3, -0.25) is 4.99 Å². The predicted octanol–water partition coefficient (Wildman–Crippen LogP) is 3.71. The first kappa shape index (κ1) is 22.0. The highest BCUT2D eigenvalue weighted by molar-refractivity contribution is 6.07. The maximum Gasteiger partial charge on any atom is 0.419 e. The number of allylic oxidation sites excluding steroid dienone is 1. The molecule has 31 heavy (non-hydrogen) atoms. The van der Waals surface area contributed by atoms with Crippen LogP contribution in [-0.4, -0.2) is 35.7 Å². The lowest BCUT2D eigenvalue weighted by Gasteiger charge is -2.17. The van der Waals surface area contributed by atoms with E-state index in [0.717, 1.165) is 24.6 Å². The molecule has 4 fully saturated rings. The summed E-state index contributed by atoms with van der Waals surface area (Å²) in [4.78, 5) is 8.40. The van der Waals surface area contributed by atoms with Gasteiger partial charge in [0.2, 0.25) is 0 Å². The minimum atomic E-state index is -4.64. The maximum absolute atomic E-state index is 13.2. The van der Waals surface area contributed by atoms with Crippen molar-refractivity contribution in [1.29, 1.82) is 0 Å². The summed E-state index contributed by atoms with van der Waals surface area (Å²) in [5.41, 5.74) is 11.3. The van der Waals surface area contributed by atoms with Gasteiger partial charge in [0.15, 0.2) is 0 Å². The number of alkyl halides is 5. The average molecular weight is 443 g/mol. The molecule has 4 bridgehead atoms. The molecule has 1 aromatic heterocycles. The highest BCUT2D eigenvalue weighted by Crippen LogP contribution is 2.79. The number of aromatic nitrogens is 1. The molecule has 0 aliphatic heterocycles. The lowest BCUT2D eigenvalue weighted by molar-refractivity contribution is -0.137. The van der Waals surface area contributed by atoms with E-state index in [9.17, 15) is 22.0 Å². The third kappa shape index (κ3) is 3.68. The van der Waals surface area contributed by atoms with E-state index in [4.69, 9.17) is 16.5 Å². The number of nitrogens with one attached hydrogen (secondary N) is 1. The van der Waals surface area contributed by atoms with E-state index in [-0.39, 0.29) is 41.2 Å². The van der Waals surface area contributed by atoms with Gasteiger partial charge in [-0.2, -0.15) is 13.2 Å². The number of pyridine rings is 1. The summed E-state index contributed by atoms with van der Waals surface area (Å²) in [6.07, 6.45) is -2.43. The molecule has 5 unspecified atom stereocenters. The summed E-state index contributed by atoms with van der Waals surface area (Å²) in [6.45, 7) is 3.49. The van der Waals surface area contributed by atoms with Crippen LogP contribution in [0.3, 0.4) is 0 Å². The van der Waals surface area contributed by atoms with Gasteiger partial charge >= 0.3 is 6.18 Å². The molecule has 5 atom stereocenters. The number of nitrogen functional groups attached to an aromatic ring is 1. The quantitative estimate of drug-likeness (QED) is 0.443. The monoisotopic (exact) mass is 443 g/mol. The van der Waals surface area contributed by atoms with Gasteiger partial charge in [-0.05, 0) is 56.6 Å². The van der Waals surface area contributed by atoms with Crippen molar-refractivity contribution in [3.8, 4) is 0 Å². The van der Waals surface area contributed by atoms with Crippen LogP contribution in [0.5, 0.6) is 0 Å². The average Bonchev–Trinajstić information content (AvgIpc) is 2.99. The Morgan fingerprint density at radius 2 is 2.10 bits per heavy atom. The molecule has 4 aliphatic carbocycles. The van der Waals surface area contributed by atoms with Crippen molar-refractivity contribution in [1.82, 2.24) is 10.3 Å². The van der Waals surface area contributed by atoms with Crippen LogP contribution in [0.2, 0.25) is 0 Å². The van der Waals surface area contributed by atoms with Gasteiger partial charge in [0, 0.05) is 40.7 Å². The second kappa shape index (κ2) is 7.43. The van der Waals surface area contributed by atoms with Crippen LogP contribution in [-0.2, 0) is 6.18 Å². The molecule has 0 radical (unpaired) electrons. The molecule has 0 amide bonds. The molecule has 1 aromatic rings. The molecule has 5 nitrogen and oxygen atoms in total. The fourth-order valence-electron chi connectivity index (χ4n) is 5.82. The number of hydrogen-bond acceptors (Lipinski definition) is 5. The van der Waals surface area contributed by atoms with Gasteiger partial charge < -0.3 is 16.8 Å². The van der Waals surface area contributed by atoms with Crippen LogP contribution in [0.1, 0.15) is 37.8 Å². The molecule has 0 spiro atoms. The molecular weight excluding hydrogens is 417 g/mol. The summed E-state index contributed by atoms with van der Waals surface area (Å²) in [5.74, 6) is 0.235. The molecule has 1 heterocycles.